The Labute approximate surface area is 107 Å². The number of hydrogen-bond donors (Lipinski definition) is 1. The molecule has 98 valence electrons. The molecule has 2 N–H and O–H groups in total. The molecule has 0 fully saturated rings. The predicted molar refractivity (Wildman–Crippen MR) is 67.9 cm³/mol. The number of nitrogens with zero attached hydrogens (tertiary/aromatic N) is 3. The first-order valence-electron chi connectivity index (χ1n) is 5.73. The molecule has 0 saturated heterocycles. The van der Waals surface area contributed by atoms with E-state index in [0.717, 1.165) is 5.52 Å². The Morgan fingerprint density at radius 2 is 2.26 bits per heavy atom. The van der Waals surface area contributed by atoms with Crippen LogP contribution in [0.2, 0.25) is 0 Å². The Bertz CT molecular complexity index is 787. The molecule has 0 aliphatic rings. The lowest BCUT2D eigenvalue weighted by Gasteiger charge is -2.04. The molecule has 2 heterocycles. The third kappa shape index (κ3) is 1.45. The molecule has 0 aliphatic carbocycles. The first-order valence-corrected chi connectivity index (χ1v) is 5.73. The minimum Gasteiger partial charge on any atom is -0.417 e. The lowest BCUT2D eigenvalue weighted by Crippen LogP contribution is -2.15. The van der Waals surface area contributed by atoms with Crippen molar-refractivity contribution in [2.45, 2.75) is 6.92 Å². The summed E-state index contributed by atoms with van der Waals surface area (Å²) in [7, 11) is 1.54. The van der Waals surface area contributed by atoms with Crippen LogP contribution < -0.4 is 10.6 Å². The molecular weight excluding hydrogens is 248 g/mol. The third-order valence-corrected chi connectivity index (χ3v) is 3.19. The second kappa shape index (κ2) is 4.06. The maximum atomic E-state index is 12.1. The van der Waals surface area contributed by atoms with Crippen molar-refractivity contribution in [1.82, 2.24) is 15.0 Å². The van der Waals surface area contributed by atoms with E-state index >= 15 is 0 Å². The van der Waals surface area contributed by atoms with Gasteiger partial charge in [-0.05, 0) is 29.4 Å². The average molecular weight is 260 g/mol. The Morgan fingerprint density at radius 3 is 2.95 bits per heavy atom. The van der Waals surface area contributed by atoms with E-state index in [2.05, 4.69) is 10.3 Å². The number of carbonyl (C=O) groups is 1. The lowest BCUT2D eigenvalue weighted by atomic mass is 10.1. The van der Waals surface area contributed by atoms with Crippen molar-refractivity contribution in [3.8, 4) is 0 Å². The summed E-state index contributed by atoms with van der Waals surface area (Å²) in [5.74, 6) is -0.172. The Kier molecular flexibility index (Phi) is 2.49. The van der Waals surface area contributed by atoms with Crippen LogP contribution in [-0.4, -0.2) is 34.5 Å². The standard InChI is InChI=1S/C12H12N4O3/c1-6-10(9(17)5-13)11-8(16(6)18-2)4-3-7-12(11)15-19-14-7/h3-4H,5,13H2,1-2H3. The number of benzene rings is 1. The fraction of sp³-hybridized carbons (Fsp3) is 0.250. The van der Waals surface area contributed by atoms with Crippen LogP contribution in [0.1, 0.15) is 16.1 Å². The predicted octanol–water partition coefficient (Wildman–Crippen LogP) is 0.686. The third-order valence-electron chi connectivity index (χ3n) is 3.19. The minimum atomic E-state index is -0.172. The zero-order chi connectivity index (χ0) is 13.6. The molecular formula is C12H12N4O3. The fourth-order valence-electron chi connectivity index (χ4n) is 2.40. The summed E-state index contributed by atoms with van der Waals surface area (Å²) in [5.41, 5.74) is 8.52. The van der Waals surface area contributed by atoms with Crippen molar-refractivity contribution >= 4 is 27.7 Å². The largest absolute Gasteiger partial charge is 0.417 e. The first-order chi connectivity index (χ1) is 9.19. The molecule has 3 rings (SSSR count). The topological polar surface area (TPSA) is 96.2 Å². The van der Waals surface area contributed by atoms with Crippen molar-refractivity contribution in [3.05, 3.63) is 23.4 Å². The van der Waals surface area contributed by atoms with Gasteiger partial charge in [0, 0.05) is 5.39 Å². The van der Waals surface area contributed by atoms with Crippen LogP contribution in [0.5, 0.6) is 0 Å². The van der Waals surface area contributed by atoms with Gasteiger partial charge in [0.2, 0.25) is 0 Å². The molecule has 0 atom stereocenters. The second-order valence-electron chi connectivity index (χ2n) is 4.16. The highest BCUT2D eigenvalue weighted by molar-refractivity contribution is 6.17. The van der Waals surface area contributed by atoms with Gasteiger partial charge >= 0.3 is 0 Å². The number of aromatic nitrogens is 3. The summed E-state index contributed by atoms with van der Waals surface area (Å²) in [6, 6.07) is 3.57. The number of nitrogens with two attached hydrogens (primary N) is 1. The highest BCUT2D eigenvalue weighted by Gasteiger charge is 2.23. The molecule has 0 radical (unpaired) electrons. The zero-order valence-corrected chi connectivity index (χ0v) is 10.5. The Morgan fingerprint density at radius 1 is 1.47 bits per heavy atom. The SMILES string of the molecule is COn1c(C)c(C(=O)CN)c2c3nonc3ccc21. The molecule has 3 aromatic rings. The van der Waals surface area contributed by atoms with E-state index < -0.39 is 0 Å². The molecule has 2 aromatic heterocycles. The number of carbonyl (C=O) groups excluding carboxylic acids is 1. The van der Waals surface area contributed by atoms with Crippen LogP contribution in [0.4, 0.5) is 0 Å². The molecule has 1 aromatic carbocycles. The summed E-state index contributed by atoms with van der Waals surface area (Å²) in [6.07, 6.45) is 0. The number of hydrogen-bond acceptors (Lipinski definition) is 6. The number of rotatable bonds is 3. The van der Waals surface area contributed by atoms with Crippen molar-refractivity contribution in [1.29, 1.82) is 0 Å². The lowest BCUT2D eigenvalue weighted by molar-refractivity contribution is 0.0999. The van der Waals surface area contributed by atoms with Gasteiger partial charge in [0.1, 0.15) is 18.1 Å². The summed E-state index contributed by atoms with van der Waals surface area (Å²) in [4.78, 5) is 17.4. The number of fused-ring (bicyclic) bond motifs is 3. The molecule has 0 unspecified atom stereocenters. The van der Waals surface area contributed by atoms with Crippen LogP contribution >= 0.6 is 0 Å². The Balaban J connectivity index is 2.54. The molecule has 0 bridgehead atoms. The maximum Gasteiger partial charge on any atom is 0.179 e. The van der Waals surface area contributed by atoms with Gasteiger partial charge in [-0.3, -0.25) is 4.79 Å². The van der Waals surface area contributed by atoms with Gasteiger partial charge in [0.05, 0.1) is 23.3 Å². The van der Waals surface area contributed by atoms with Gasteiger partial charge < -0.3 is 10.6 Å². The molecule has 7 heteroatoms. The number of ketones is 1. The summed E-state index contributed by atoms with van der Waals surface area (Å²) in [6.45, 7) is 1.72. The van der Waals surface area contributed by atoms with E-state index in [1.807, 2.05) is 6.07 Å². The van der Waals surface area contributed by atoms with E-state index in [1.165, 1.54) is 7.11 Å². The van der Waals surface area contributed by atoms with Gasteiger partial charge in [-0.15, -0.1) is 0 Å². The first kappa shape index (κ1) is 11.7. The molecule has 0 spiro atoms. The molecule has 0 saturated carbocycles. The summed E-state index contributed by atoms with van der Waals surface area (Å²) >= 11 is 0. The summed E-state index contributed by atoms with van der Waals surface area (Å²) < 4.78 is 6.31. The fourth-order valence-corrected chi connectivity index (χ4v) is 2.40. The van der Waals surface area contributed by atoms with Crippen LogP contribution in [0.15, 0.2) is 16.8 Å². The molecule has 7 nitrogen and oxygen atoms in total. The molecule has 19 heavy (non-hydrogen) atoms. The van der Waals surface area contributed by atoms with Crippen LogP contribution in [0, 0.1) is 6.92 Å². The highest BCUT2D eigenvalue weighted by Crippen LogP contribution is 2.30. The van der Waals surface area contributed by atoms with Gasteiger partial charge in [-0.25, -0.2) is 4.63 Å². The quantitative estimate of drug-likeness (QED) is 0.696. The normalized spacial score (nSPS) is 11.3. The van der Waals surface area contributed by atoms with Gasteiger partial charge in [0.25, 0.3) is 0 Å². The zero-order valence-electron chi connectivity index (χ0n) is 10.5. The van der Waals surface area contributed by atoms with Crippen LogP contribution in [-0.2, 0) is 0 Å². The van der Waals surface area contributed by atoms with Crippen molar-refractivity contribution in [2.24, 2.45) is 5.73 Å². The van der Waals surface area contributed by atoms with Crippen LogP contribution in [0.25, 0.3) is 21.9 Å². The average Bonchev–Trinajstić information content (AvgIpc) is 2.98. The van der Waals surface area contributed by atoms with Gasteiger partial charge in [0.15, 0.2) is 5.78 Å². The van der Waals surface area contributed by atoms with E-state index in [1.54, 1.807) is 17.7 Å². The smallest absolute Gasteiger partial charge is 0.179 e. The van der Waals surface area contributed by atoms with Gasteiger partial charge in [-0.1, -0.05) is 0 Å². The van der Waals surface area contributed by atoms with E-state index in [4.69, 9.17) is 15.2 Å². The van der Waals surface area contributed by atoms with E-state index in [9.17, 15) is 4.79 Å². The van der Waals surface area contributed by atoms with Crippen LogP contribution in [0.3, 0.4) is 0 Å². The molecule has 0 aliphatic heterocycles. The van der Waals surface area contributed by atoms with Crippen molar-refractivity contribution < 1.29 is 14.3 Å². The van der Waals surface area contributed by atoms with E-state index in [-0.39, 0.29) is 12.3 Å². The summed E-state index contributed by atoms with van der Waals surface area (Å²) in [5, 5.41) is 8.31. The monoisotopic (exact) mass is 260 g/mol. The van der Waals surface area contributed by atoms with E-state index in [0.29, 0.717) is 27.7 Å². The molecule has 0 amide bonds. The number of Topliss-reactive ketones (excluding diaryl/α,β-unsaturated/α-hetero) is 1. The minimum absolute atomic E-state index is 0.0780. The van der Waals surface area contributed by atoms with Crippen molar-refractivity contribution in [2.75, 3.05) is 13.7 Å². The van der Waals surface area contributed by atoms with Crippen molar-refractivity contribution in [3.63, 3.8) is 0 Å². The van der Waals surface area contributed by atoms with Gasteiger partial charge in [-0.2, -0.15) is 4.73 Å². The maximum absolute atomic E-state index is 12.1. The second-order valence-corrected chi connectivity index (χ2v) is 4.16. The highest BCUT2D eigenvalue weighted by atomic mass is 16.6. The Hall–Kier alpha value is -2.41.